The molecule has 282 valence electrons. The van der Waals surface area contributed by atoms with Gasteiger partial charge in [0.25, 0.3) is 0 Å². The van der Waals surface area contributed by atoms with Crippen molar-refractivity contribution in [3.8, 4) is 0 Å². The lowest BCUT2D eigenvalue weighted by atomic mass is 9.91. The maximum absolute atomic E-state index is 12.1. The van der Waals surface area contributed by atoms with Crippen LogP contribution in [0.1, 0.15) is 216 Å². The van der Waals surface area contributed by atoms with E-state index in [1.165, 1.54) is 77.0 Å². The van der Waals surface area contributed by atoms with Gasteiger partial charge in [-0.15, -0.1) is 0 Å². The van der Waals surface area contributed by atoms with Gasteiger partial charge in [-0.05, 0) is 71.1 Å². The molecule has 2 saturated heterocycles. The first-order valence-corrected chi connectivity index (χ1v) is 19.7. The van der Waals surface area contributed by atoms with Gasteiger partial charge in [-0.1, -0.05) is 132 Å². The summed E-state index contributed by atoms with van der Waals surface area (Å²) in [6.07, 6.45) is 28.2. The summed E-state index contributed by atoms with van der Waals surface area (Å²) in [5.74, 6) is 0.664. The number of carbonyl (C=O) groups is 2. The first-order chi connectivity index (χ1) is 21.7. The molecule has 2 rings (SSSR count). The zero-order valence-electron chi connectivity index (χ0n) is 30.6. The average molecular weight is 669 g/mol. The molecular formula is C41H84N2O4. The Morgan fingerprint density at radius 2 is 1.04 bits per heavy atom. The number of aliphatic hydroxyl groups excluding tert-OH is 1. The fraction of sp³-hybridized carbons (Fsp3) is 0.951. The van der Waals surface area contributed by atoms with E-state index in [1.807, 2.05) is 6.92 Å². The minimum absolute atomic E-state index is 0. The molecule has 2 aliphatic rings. The quantitative estimate of drug-likeness (QED) is 0.0899. The fourth-order valence-electron chi connectivity index (χ4n) is 7.09. The van der Waals surface area contributed by atoms with Crippen molar-refractivity contribution in [2.45, 2.75) is 240 Å². The number of unbranched alkanes of at least 4 members (excludes halogenated alkanes) is 12. The van der Waals surface area contributed by atoms with Gasteiger partial charge in [-0.25, -0.2) is 0 Å². The summed E-state index contributed by atoms with van der Waals surface area (Å²) in [6, 6.07) is 0.755. The van der Waals surface area contributed by atoms with Gasteiger partial charge in [-0.2, -0.15) is 0 Å². The van der Waals surface area contributed by atoms with Gasteiger partial charge in [0, 0.05) is 38.0 Å². The highest BCUT2D eigenvalue weighted by molar-refractivity contribution is 5.79. The van der Waals surface area contributed by atoms with Crippen molar-refractivity contribution in [1.29, 1.82) is 0 Å². The third-order valence-corrected chi connectivity index (χ3v) is 10.2. The van der Waals surface area contributed by atoms with E-state index in [2.05, 4.69) is 37.5 Å². The van der Waals surface area contributed by atoms with Crippen LogP contribution in [-0.2, 0) is 9.59 Å². The molecule has 2 fully saturated rings. The first-order valence-electron chi connectivity index (χ1n) is 19.7. The maximum Gasteiger partial charge on any atom is 0.222 e. The van der Waals surface area contributed by atoms with E-state index in [0.29, 0.717) is 36.7 Å². The van der Waals surface area contributed by atoms with Crippen LogP contribution in [0.5, 0.6) is 0 Å². The molecule has 0 spiro atoms. The molecule has 4 unspecified atom stereocenters. The summed E-state index contributed by atoms with van der Waals surface area (Å²) < 4.78 is 0. The Morgan fingerprint density at radius 3 is 1.53 bits per heavy atom. The van der Waals surface area contributed by atoms with Crippen molar-refractivity contribution in [2.24, 2.45) is 0 Å². The summed E-state index contributed by atoms with van der Waals surface area (Å²) in [7, 11) is 0. The van der Waals surface area contributed by atoms with Gasteiger partial charge >= 0.3 is 0 Å². The molecule has 2 heterocycles. The van der Waals surface area contributed by atoms with E-state index in [9.17, 15) is 19.8 Å². The van der Waals surface area contributed by atoms with Gasteiger partial charge < -0.3 is 20.0 Å². The number of amides is 2. The molecule has 2 N–H and O–H groups in total. The van der Waals surface area contributed by atoms with Gasteiger partial charge in [0.1, 0.15) is 0 Å². The van der Waals surface area contributed by atoms with E-state index in [4.69, 9.17) is 0 Å². The Hall–Kier alpha value is -1.14. The summed E-state index contributed by atoms with van der Waals surface area (Å²) in [6.45, 7) is 12.7. The Balaban J connectivity index is 0. The molecular weight excluding hydrogens is 584 g/mol. The average Bonchev–Trinajstić information content (AvgIpc) is 3.56. The highest BCUT2D eigenvalue weighted by Crippen LogP contribution is 2.28. The van der Waals surface area contributed by atoms with Crippen molar-refractivity contribution in [2.75, 3.05) is 13.1 Å². The standard InChI is InChI=1S/C20H39NO2.C19H37NO2.2CH4/c1-4-6-8-9-11-17-21-18(12-13-19(21)22)14-16-20(3,23)15-10-7-5-2;1-3-5-7-8-10-16-20-17(13-15-19(20)22)12-14-18(21)11-9-6-4-2;;/h18,23H,4-17H2,1-3H3;17-18,21H,3-16H2,1-2H3;2*1H4. The predicted octanol–water partition coefficient (Wildman–Crippen LogP) is 11.0. The molecule has 2 aliphatic heterocycles. The van der Waals surface area contributed by atoms with Crippen LogP contribution in [0.2, 0.25) is 0 Å². The number of hydrogen-bond acceptors (Lipinski definition) is 4. The molecule has 47 heavy (non-hydrogen) atoms. The molecule has 0 aromatic heterocycles. The zero-order chi connectivity index (χ0) is 33.3. The van der Waals surface area contributed by atoms with Crippen molar-refractivity contribution < 1.29 is 19.8 Å². The van der Waals surface area contributed by atoms with Crippen LogP contribution < -0.4 is 0 Å². The Kier molecular flexibility index (Phi) is 30.4. The van der Waals surface area contributed by atoms with Crippen LogP contribution in [0.4, 0.5) is 0 Å². The molecule has 6 nitrogen and oxygen atoms in total. The lowest BCUT2D eigenvalue weighted by Gasteiger charge is -2.29. The lowest BCUT2D eigenvalue weighted by Crippen LogP contribution is -2.36. The summed E-state index contributed by atoms with van der Waals surface area (Å²) in [5, 5.41) is 20.6. The van der Waals surface area contributed by atoms with Crippen LogP contribution in [0, 0.1) is 0 Å². The second-order valence-electron chi connectivity index (χ2n) is 14.6. The van der Waals surface area contributed by atoms with E-state index < -0.39 is 5.60 Å². The van der Waals surface area contributed by atoms with Crippen molar-refractivity contribution >= 4 is 11.8 Å². The molecule has 0 aromatic rings. The highest BCUT2D eigenvalue weighted by Gasteiger charge is 2.32. The van der Waals surface area contributed by atoms with Gasteiger partial charge in [0.2, 0.25) is 11.8 Å². The van der Waals surface area contributed by atoms with Gasteiger partial charge in [-0.3, -0.25) is 9.59 Å². The Labute approximate surface area is 294 Å². The SMILES string of the molecule is C.C.CCCCCCCN1C(=O)CCC1CCC(C)(O)CCCCC.CCCCCCCN1C(=O)CCC1CCC(O)CCCCC. The van der Waals surface area contributed by atoms with Crippen molar-refractivity contribution in [3.63, 3.8) is 0 Å². The third-order valence-electron chi connectivity index (χ3n) is 10.2. The molecule has 6 heteroatoms. The summed E-state index contributed by atoms with van der Waals surface area (Å²) in [5.41, 5.74) is -0.562. The second-order valence-corrected chi connectivity index (χ2v) is 14.6. The summed E-state index contributed by atoms with van der Waals surface area (Å²) in [4.78, 5) is 28.3. The van der Waals surface area contributed by atoms with E-state index in [1.54, 1.807) is 0 Å². The van der Waals surface area contributed by atoms with E-state index in [0.717, 1.165) is 90.1 Å². The zero-order valence-corrected chi connectivity index (χ0v) is 30.6. The first kappa shape index (κ1) is 48.0. The topological polar surface area (TPSA) is 81.1 Å². The number of likely N-dealkylation sites (tertiary alicyclic amines) is 2. The normalized spacial score (nSPS) is 19.6. The van der Waals surface area contributed by atoms with E-state index in [-0.39, 0.29) is 21.0 Å². The maximum atomic E-state index is 12.1. The summed E-state index contributed by atoms with van der Waals surface area (Å²) >= 11 is 0. The Morgan fingerprint density at radius 1 is 0.617 bits per heavy atom. The molecule has 0 aromatic carbocycles. The Bertz CT molecular complexity index is 743. The van der Waals surface area contributed by atoms with Crippen LogP contribution in [0.3, 0.4) is 0 Å². The molecule has 2 amide bonds. The van der Waals surface area contributed by atoms with Crippen LogP contribution in [-0.4, -0.2) is 68.7 Å². The monoisotopic (exact) mass is 669 g/mol. The smallest absolute Gasteiger partial charge is 0.222 e. The minimum Gasteiger partial charge on any atom is -0.393 e. The van der Waals surface area contributed by atoms with E-state index >= 15 is 0 Å². The van der Waals surface area contributed by atoms with Crippen molar-refractivity contribution in [3.05, 3.63) is 0 Å². The molecule has 0 aliphatic carbocycles. The second kappa shape index (κ2) is 29.7. The highest BCUT2D eigenvalue weighted by atomic mass is 16.3. The number of hydrogen-bond donors (Lipinski definition) is 2. The number of aliphatic hydroxyl groups is 2. The molecule has 0 saturated carbocycles. The molecule has 4 atom stereocenters. The lowest BCUT2D eigenvalue weighted by molar-refractivity contribution is -0.130. The number of nitrogens with zero attached hydrogens (tertiary/aromatic N) is 2. The van der Waals surface area contributed by atoms with Crippen LogP contribution in [0.25, 0.3) is 0 Å². The van der Waals surface area contributed by atoms with Gasteiger partial charge in [0.15, 0.2) is 0 Å². The molecule has 0 radical (unpaired) electrons. The van der Waals surface area contributed by atoms with Crippen LogP contribution in [0.15, 0.2) is 0 Å². The largest absolute Gasteiger partial charge is 0.393 e. The number of carbonyl (C=O) groups excluding carboxylic acids is 2. The molecule has 0 bridgehead atoms. The van der Waals surface area contributed by atoms with Crippen molar-refractivity contribution in [1.82, 2.24) is 9.80 Å². The predicted molar refractivity (Wildman–Crippen MR) is 204 cm³/mol. The minimum atomic E-state index is -0.562. The third kappa shape index (κ3) is 22.2. The van der Waals surface area contributed by atoms with Gasteiger partial charge in [0.05, 0.1) is 11.7 Å². The fourth-order valence-corrected chi connectivity index (χ4v) is 7.09. The van der Waals surface area contributed by atoms with Crippen LogP contribution >= 0.6 is 0 Å². The number of rotatable bonds is 26.